The van der Waals surface area contributed by atoms with Crippen molar-refractivity contribution in [2.24, 2.45) is 0 Å². The van der Waals surface area contributed by atoms with Crippen molar-refractivity contribution >= 4 is 28.3 Å². The molecule has 0 radical (unpaired) electrons. The molecule has 2 aromatic carbocycles. The van der Waals surface area contributed by atoms with E-state index >= 15 is 0 Å². The maximum Gasteiger partial charge on any atom is 0.420 e. The number of hydrogen-bond acceptors (Lipinski definition) is 3. The summed E-state index contributed by atoms with van der Waals surface area (Å²) in [6.07, 6.45) is -9.08. The van der Waals surface area contributed by atoms with E-state index in [9.17, 15) is 35.9 Å². The molecule has 1 aromatic heterocycles. The number of nitrogens with one attached hydrogen (secondary N) is 2. The molecule has 0 atom stereocenters. The SMILES string of the molecule is CCC(=O)C(=O)Nc1cc(C(F)(F)F)c(Oc2ccc3[nH]cc(C(C)C)c3c2)c(C(F)(F)F)c1. The zero-order chi connectivity index (χ0) is 25.4. The number of hydrogen-bond donors (Lipinski definition) is 2. The van der Waals surface area contributed by atoms with Gasteiger partial charge in [-0.1, -0.05) is 20.8 Å². The normalized spacial score (nSPS) is 12.3. The summed E-state index contributed by atoms with van der Waals surface area (Å²) in [6.45, 7) is 5.10. The maximum atomic E-state index is 13.8. The molecule has 2 N–H and O–H groups in total. The van der Waals surface area contributed by atoms with Crippen LogP contribution in [0.15, 0.2) is 36.5 Å². The van der Waals surface area contributed by atoms with Gasteiger partial charge in [-0.2, -0.15) is 26.3 Å². The summed E-state index contributed by atoms with van der Waals surface area (Å²) < 4.78 is 88.0. The molecule has 0 aliphatic carbocycles. The number of alkyl halides is 6. The Morgan fingerprint density at radius 2 is 1.59 bits per heavy atom. The molecule has 5 nitrogen and oxygen atoms in total. The van der Waals surface area contributed by atoms with Gasteiger partial charge in [0.05, 0.1) is 0 Å². The number of aromatic amines is 1. The lowest BCUT2D eigenvalue weighted by molar-refractivity contribution is -0.145. The number of aromatic nitrogens is 1. The van der Waals surface area contributed by atoms with E-state index < -0.39 is 46.6 Å². The number of halogens is 6. The first-order chi connectivity index (χ1) is 15.7. The first-order valence-corrected chi connectivity index (χ1v) is 10.2. The lowest BCUT2D eigenvalue weighted by Gasteiger charge is -2.21. The van der Waals surface area contributed by atoms with Crippen LogP contribution in [0.1, 0.15) is 49.8 Å². The third-order valence-electron chi connectivity index (χ3n) is 5.06. The number of Topliss-reactive ketones (excluding diaryl/α,β-unsaturated/α-hetero) is 1. The van der Waals surface area contributed by atoms with E-state index in [1.807, 2.05) is 13.8 Å². The molecule has 3 rings (SSSR count). The summed E-state index contributed by atoms with van der Waals surface area (Å²) in [5.74, 6) is -3.97. The molecule has 0 saturated heterocycles. The van der Waals surface area contributed by atoms with Gasteiger partial charge in [0, 0.05) is 29.2 Å². The van der Waals surface area contributed by atoms with Crippen LogP contribution in [0.4, 0.5) is 32.0 Å². The van der Waals surface area contributed by atoms with Crippen molar-refractivity contribution in [2.75, 3.05) is 5.32 Å². The molecular weight excluding hydrogens is 466 g/mol. The highest BCUT2D eigenvalue weighted by Crippen LogP contribution is 2.47. The highest BCUT2D eigenvalue weighted by molar-refractivity contribution is 6.40. The second-order valence-corrected chi connectivity index (χ2v) is 7.84. The Labute approximate surface area is 190 Å². The monoisotopic (exact) mass is 486 g/mol. The maximum absolute atomic E-state index is 13.8. The molecule has 182 valence electrons. The molecule has 0 fully saturated rings. The van der Waals surface area contributed by atoms with Crippen molar-refractivity contribution in [3.63, 3.8) is 0 Å². The molecule has 0 aliphatic rings. The largest absolute Gasteiger partial charge is 0.456 e. The van der Waals surface area contributed by atoms with E-state index in [0.29, 0.717) is 23.0 Å². The first kappa shape index (κ1) is 25.1. The van der Waals surface area contributed by atoms with E-state index in [0.717, 1.165) is 5.56 Å². The van der Waals surface area contributed by atoms with Crippen LogP contribution in [-0.4, -0.2) is 16.7 Å². The zero-order valence-corrected chi connectivity index (χ0v) is 18.2. The molecule has 0 saturated carbocycles. The molecule has 0 unspecified atom stereocenters. The van der Waals surface area contributed by atoms with Gasteiger partial charge >= 0.3 is 12.4 Å². The van der Waals surface area contributed by atoms with Crippen LogP contribution in [0.2, 0.25) is 0 Å². The minimum absolute atomic E-state index is 0.0363. The molecule has 1 heterocycles. The number of rotatable bonds is 6. The second-order valence-electron chi connectivity index (χ2n) is 7.84. The average Bonchev–Trinajstić information content (AvgIpc) is 3.15. The van der Waals surface area contributed by atoms with Crippen LogP contribution in [0, 0.1) is 0 Å². The third-order valence-corrected chi connectivity index (χ3v) is 5.06. The summed E-state index contributed by atoms with van der Waals surface area (Å²) >= 11 is 0. The van der Waals surface area contributed by atoms with Crippen molar-refractivity contribution in [3.05, 3.63) is 53.2 Å². The number of fused-ring (bicyclic) bond motifs is 1. The summed E-state index contributed by atoms with van der Waals surface area (Å²) in [6, 6.07) is 4.71. The van der Waals surface area contributed by atoms with Crippen molar-refractivity contribution < 1.29 is 40.7 Å². The fourth-order valence-electron chi connectivity index (χ4n) is 3.37. The summed E-state index contributed by atoms with van der Waals surface area (Å²) in [7, 11) is 0. The Morgan fingerprint density at radius 3 is 2.09 bits per heavy atom. The minimum atomic E-state index is -5.26. The second kappa shape index (κ2) is 9.03. The average molecular weight is 486 g/mol. The highest BCUT2D eigenvalue weighted by atomic mass is 19.4. The highest BCUT2D eigenvalue weighted by Gasteiger charge is 2.43. The quantitative estimate of drug-likeness (QED) is 0.290. The molecule has 0 bridgehead atoms. The molecule has 34 heavy (non-hydrogen) atoms. The Balaban J connectivity index is 2.17. The lowest BCUT2D eigenvalue weighted by atomic mass is 10.0. The van der Waals surface area contributed by atoms with Gasteiger partial charge in [0.25, 0.3) is 5.91 Å². The van der Waals surface area contributed by atoms with Gasteiger partial charge in [0.2, 0.25) is 5.78 Å². The Bertz CT molecular complexity index is 1210. The smallest absolute Gasteiger partial charge is 0.420 e. The number of ketones is 1. The minimum Gasteiger partial charge on any atom is -0.456 e. The van der Waals surface area contributed by atoms with Gasteiger partial charge < -0.3 is 15.0 Å². The number of ether oxygens (including phenoxy) is 1. The van der Waals surface area contributed by atoms with Crippen LogP contribution in [0.3, 0.4) is 0 Å². The number of carbonyl (C=O) groups excluding carboxylic acids is 2. The lowest BCUT2D eigenvalue weighted by Crippen LogP contribution is -2.23. The topological polar surface area (TPSA) is 71.2 Å². The predicted octanol–water partition coefficient (Wildman–Crippen LogP) is 7.04. The van der Waals surface area contributed by atoms with E-state index in [1.54, 1.807) is 11.5 Å². The van der Waals surface area contributed by atoms with Gasteiger partial charge in [-0.05, 0) is 41.8 Å². The van der Waals surface area contributed by atoms with E-state index in [4.69, 9.17) is 4.74 Å². The van der Waals surface area contributed by atoms with Crippen molar-refractivity contribution in [1.29, 1.82) is 0 Å². The summed E-state index contributed by atoms with van der Waals surface area (Å²) in [4.78, 5) is 26.2. The van der Waals surface area contributed by atoms with Crippen LogP contribution in [0.5, 0.6) is 11.5 Å². The molecule has 0 aliphatic heterocycles. The number of anilines is 1. The zero-order valence-electron chi connectivity index (χ0n) is 18.2. The van der Waals surface area contributed by atoms with E-state index in [-0.39, 0.29) is 18.1 Å². The number of amides is 1. The predicted molar refractivity (Wildman–Crippen MR) is 113 cm³/mol. The van der Waals surface area contributed by atoms with Crippen LogP contribution >= 0.6 is 0 Å². The van der Waals surface area contributed by atoms with Gasteiger partial charge in [-0.15, -0.1) is 0 Å². The van der Waals surface area contributed by atoms with Gasteiger partial charge in [-0.3, -0.25) is 9.59 Å². The summed E-state index contributed by atoms with van der Waals surface area (Å²) in [5, 5.41) is 2.40. The standard InChI is InChI=1S/C23H20F6N2O3/c1-4-19(32)21(33)31-12-7-16(22(24,25)26)20(17(8-12)23(27,28)29)34-13-5-6-18-14(9-13)15(10-30-18)11(2)3/h5-11,30H,4H2,1-3H3,(H,31,33). The van der Waals surface area contributed by atoms with Crippen molar-refractivity contribution in [2.45, 2.75) is 45.5 Å². The Morgan fingerprint density at radius 1 is 1.00 bits per heavy atom. The van der Waals surface area contributed by atoms with E-state index in [2.05, 4.69) is 4.98 Å². The van der Waals surface area contributed by atoms with Gasteiger partial charge in [-0.25, -0.2) is 0 Å². The third kappa shape index (κ3) is 5.18. The van der Waals surface area contributed by atoms with E-state index in [1.165, 1.54) is 25.1 Å². The van der Waals surface area contributed by atoms with Crippen molar-refractivity contribution in [3.8, 4) is 11.5 Å². The fraction of sp³-hybridized carbons (Fsp3) is 0.304. The first-order valence-electron chi connectivity index (χ1n) is 10.2. The fourth-order valence-corrected chi connectivity index (χ4v) is 3.37. The van der Waals surface area contributed by atoms with Gasteiger partial charge in [0.15, 0.2) is 5.75 Å². The molecular formula is C23H20F6N2O3. The van der Waals surface area contributed by atoms with Crippen LogP contribution in [-0.2, 0) is 21.9 Å². The van der Waals surface area contributed by atoms with Gasteiger partial charge in [0.1, 0.15) is 16.9 Å². The Kier molecular flexibility index (Phi) is 6.68. The van der Waals surface area contributed by atoms with Crippen LogP contribution < -0.4 is 10.1 Å². The number of carbonyl (C=O) groups is 2. The number of benzene rings is 2. The molecule has 0 spiro atoms. The molecule has 1 amide bonds. The van der Waals surface area contributed by atoms with Crippen molar-refractivity contribution in [1.82, 2.24) is 4.98 Å². The molecule has 3 aromatic rings. The summed E-state index contributed by atoms with van der Waals surface area (Å²) in [5.41, 5.74) is -2.88. The van der Waals surface area contributed by atoms with Crippen LogP contribution in [0.25, 0.3) is 10.9 Å². The Hall–Kier alpha value is -3.50. The number of H-pyrrole nitrogens is 1. The molecule has 11 heteroatoms.